The van der Waals surface area contributed by atoms with Crippen molar-refractivity contribution in [3.63, 3.8) is 0 Å². The van der Waals surface area contributed by atoms with Gasteiger partial charge in [-0.05, 0) is 43.6 Å². The fourth-order valence-corrected chi connectivity index (χ4v) is 3.92. The molecule has 0 aliphatic carbocycles. The maximum atomic E-state index is 13.0. The Bertz CT molecular complexity index is 814. The van der Waals surface area contributed by atoms with Gasteiger partial charge in [0.25, 0.3) is 0 Å². The van der Waals surface area contributed by atoms with Crippen LogP contribution in [0.15, 0.2) is 30.3 Å². The molecule has 1 saturated heterocycles. The van der Waals surface area contributed by atoms with Gasteiger partial charge in [0.15, 0.2) is 0 Å². The average Bonchev–Trinajstić information content (AvgIpc) is 3.03. The fourth-order valence-electron chi connectivity index (χ4n) is 3.92. The summed E-state index contributed by atoms with van der Waals surface area (Å²) in [7, 11) is 1.25. The van der Waals surface area contributed by atoms with Gasteiger partial charge in [-0.3, -0.25) is 9.59 Å². The van der Waals surface area contributed by atoms with Crippen LogP contribution in [0.5, 0.6) is 0 Å². The van der Waals surface area contributed by atoms with E-state index in [0.717, 1.165) is 24.8 Å². The van der Waals surface area contributed by atoms with Gasteiger partial charge in [0.05, 0.1) is 7.11 Å². The lowest BCUT2D eigenvalue weighted by atomic mass is 9.94. The summed E-state index contributed by atoms with van der Waals surface area (Å²) in [6, 6.07) is 7.44. The summed E-state index contributed by atoms with van der Waals surface area (Å²) in [6.07, 6.45) is 2.99. The summed E-state index contributed by atoms with van der Waals surface area (Å²) in [5.41, 5.74) is 0.829. The molecule has 0 spiro atoms. The smallest absolute Gasteiger partial charge is 0.408 e. The lowest BCUT2D eigenvalue weighted by Gasteiger charge is -2.24. The quantitative estimate of drug-likeness (QED) is 0.423. The minimum absolute atomic E-state index is 0.0204. The van der Waals surface area contributed by atoms with E-state index < -0.39 is 30.1 Å². The van der Waals surface area contributed by atoms with E-state index in [-0.39, 0.29) is 30.8 Å². The Morgan fingerprint density at radius 1 is 1.09 bits per heavy atom. The Balaban J connectivity index is 1.97. The highest BCUT2D eigenvalue weighted by molar-refractivity contribution is 5.89. The van der Waals surface area contributed by atoms with Crippen LogP contribution in [-0.2, 0) is 30.5 Å². The lowest BCUT2D eigenvalue weighted by Crippen LogP contribution is -2.52. The fraction of sp³-hybridized carbons (Fsp3) is 0.600. The SMILES string of the molecule is COC(=O)[C@H](CC[C@@H]1CCCCNC1=O)NC(=O)[C@H](CC(C)C)NC(=O)OCc1ccccc1. The molecule has 1 aliphatic heterocycles. The third kappa shape index (κ3) is 9.41. The molecule has 1 fully saturated rings. The summed E-state index contributed by atoms with van der Waals surface area (Å²) in [6.45, 7) is 4.60. The van der Waals surface area contributed by atoms with Gasteiger partial charge in [-0.2, -0.15) is 0 Å². The third-order valence-electron chi connectivity index (χ3n) is 5.78. The number of amides is 3. The zero-order valence-corrected chi connectivity index (χ0v) is 20.3. The first-order valence-corrected chi connectivity index (χ1v) is 11.9. The van der Waals surface area contributed by atoms with Crippen LogP contribution < -0.4 is 16.0 Å². The topological polar surface area (TPSA) is 123 Å². The number of carbonyl (C=O) groups excluding carboxylic acids is 4. The number of ether oxygens (including phenoxy) is 2. The van der Waals surface area contributed by atoms with E-state index in [0.29, 0.717) is 19.4 Å². The molecule has 188 valence electrons. The summed E-state index contributed by atoms with van der Waals surface area (Å²) in [5, 5.41) is 8.20. The van der Waals surface area contributed by atoms with Crippen molar-refractivity contribution in [1.29, 1.82) is 0 Å². The van der Waals surface area contributed by atoms with Crippen LogP contribution in [0.3, 0.4) is 0 Å². The average molecular weight is 476 g/mol. The molecule has 1 aromatic carbocycles. The normalized spacial score (nSPS) is 17.6. The van der Waals surface area contributed by atoms with Gasteiger partial charge in [0, 0.05) is 12.5 Å². The van der Waals surface area contributed by atoms with Crippen LogP contribution >= 0.6 is 0 Å². The molecule has 1 aromatic rings. The van der Waals surface area contributed by atoms with E-state index in [1.54, 1.807) is 0 Å². The van der Waals surface area contributed by atoms with Crippen molar-refractivity contribution in [3.05, 3.63) is 35.9 Å². The van der Waals surface area contributed by atoms with Crippen LogP contribution in [0, 0.1) is 11.8 Å². The first-order chi connectivity index (χ1) is 16.3. The number of benzene rings is 1. The van der Waals surface area contributed by atoms with E-state index >= 15 is 0 Å². The first kappa shape index (κ1) is 27.1. The van der Waals surface area contributed by atoms with Gasteiger partial charge < -0.3 is 25.4 Å². The molecule has 34 heavy (non-hydrogen) atoms. The highest BCUT2D eigenvalue weighted by atomic mass is 16.5. The number of alkyl carbamates (subject to hydrolysis) is 1. The van der Waals surface area contributed by atoms with E-state index in [9.17, 15) is 19.2 Å². The number of methoxy groups -OCH3 is 1. The molecule has 3 amide bonds. The predicted molar refractivity (Wildman–Crippen MR) is 127 cm³/mol. The number of esters is 1. The molecule has 2 rings (SSSR count). The van der Waals surface area contributed by atoms with Gasteiger partial charge in [0.1, 0.15) is 18.7 Å². The van der Waals surface area contributed by atoms with Crippen molar-refractivity contribution < 1.29 is 28.7 Å². The lowest BCUT2D eigenvalue weighted by molar-refractivity contribution is -0.145. The number of hydrogen-bond donors (Lipinski definition) is 3. The van der Waals surface area contributed by atoms with E-state index in [4.69, 9.17) is 9.47 Å². The minimum Gasteiger partial charge on any atom is -0.467 e. The molecule has 3 atom stereocenters. The van der Waals surface area contributed by atoms with Gasteiger partial charge >= 0.3 is 12.1 Å². The second-order valence-electron chi connectivity index (χ2n) is 9.03. The van der Waals surface area contributed by atoms with Crippen LogP contribution in [0.25, 0.3) is 0 Å². The van der Waals surface area contributed by atoms with E-state index in [1.165, 1.54) is 7.11 Å². The summed E-state index contributed by atoms with van der Waals surface area (Å²) in [5.74, 6) is -1.20. The Morgan fingerprint density at radius 3 is 2.50 bits per heavy atom. The van der Waals surface area contributed by atoms with E-state index in [1.807, 2.05) is 44.2 Å². The van der Waals surface area contributed by atoms with Crippen LogP contribution in [0.2, 0.25) is 0 Å². The molecular weight excluding hydrogens is 438 g/mol. The number of hydrogen-bond acceptors (Lipinski definition) is 6. The standard InChI is InChI=1S/C25H37N3O6/c1-17(2)15-21(28-25(32)34-16-18-9-5-4-6-10-18)23(30)27-20(24(31)33-3)13-12-19-11-7-8-14-26-22(19)29/h4-6,9-10,17,19-21H,7-8,11-16H2,1-3H3,(H,26,29)(H,27,30)(H,28,32)/t19-,20-,21-/m0/s1. The number of rotatable bonds is 11. The van der Waals surface area contributed by atoms with Gasteiger partial charge in [-0.15, -0.1) is 0 Å². The Hall–Kier alpha value is -3.10. The van der Waals surface area contributed by atoms with Crippen molar-refractivity contribution in [1.82, 2.24) is 16.0 Å². The van der Waals surface area contributed by atoms with Crippen molar-refractivity contribution in [2.45, 2.75) is 71.1 Å². The molecule has 0 radical (unpaired) electrons. The maximum absolute atomic E-state index is 13.0. The van der Waals surface area contributed by atoms with Gasteiger partial charge in [0.2, 0.25) is 11.8 Å². The van der Waals surface area contributed by atoms with Gasteiger partial charge in [-0.1, -0.05) is 50.6 Å². The van der Waals surface area contributed by atoms with Crippen molar-refractivity contribution in [2.75, 3.05) is 13.7 Å². The Morgan fingerprint density at radius 2 is 1.82 bits per heavy atom. The second-order valence-corrected chi connectivity index (χ2v) is 9.03. The zero-order chi connectivity index (χ0) is 24.9. The molecule has 9 nitrogen and oxygen atoms in total. The number of nitrogens with one attached hydrogen (secondary N) is 3. The largest absolute Gasteiger partial charge is 0.467 e. The van der Waals surface area contributed by atoms with Crippen molar-refractivity contribution >= 4 is 23.9 Å². The molecule has 1 aliphatic rings. The molecule has 0 bridgehead atoms. The third-order valence-corrected chi connectivity index (χ3v) is 5.78. The van der Waals surface area contributed by atoms with Gasteiger partial charge in [-0.25, -0.2) is 9.59 Å². The number of carbonyl (C=O) groups is 4. The Kier molecular flexibility index (Phi) is 11.4. The zero-order valence-electron chi connectivity index (χ0n) is 20.3. The second kappa shape index (κ2) is 14.2. The van der Waals surface area contributed by atoms with Crippen molar-refractivity contribution in [3.8, 4) is 0 Å². The maximum Gasteiger partial charge on any atom is 0.408 e. The molecular formula is C25H37N3O6. The molecule has 0 saturated carbocycles. The monoisotopic (exact) mass is 475 g/mol. The summed E-state index contributed by atoms with van der Waals surface area (Å²) < 4.78 is 10.1. The molecule has 3 N–H and O–H groups in total. The molecule has 0 unspecified atom stereocenters. The molecule has 1 heterocycles. The first-order valence-electron chi connectivity index (χ1n) is 11.9. The molecule has 9 heteroatoms. The predicted octanol–water partition coefficient (Wildman–Crippen LogP) is 2.68. The van der Waals surface area contributed by atoms with E-state index in [2.05, 4.69) is 16.0 Å². The van der Waals surface area contributed by atoms with Crippen LogP contribution in [0.4, 0.5) is 4.79 Å². The van der Waals surface area contributed by atoms with Crippen LogP contribution in [-0.4, -0.2) is 49.6 Å². The summed E-state index contributed by atoms with van der Waals surface area (Å²) >= 11 is 0. The Labute approximate surface area is 201 Å². The molecule has 0 aromatic heterocycles. The highest BCUT2D eigenvalue weighted by Crippen LogP contribution is 2.19. The van der Waals surface area contributed by atoms with Crippen LogP contribution in [0.1, 0.15) is 57.9 Å². The van der Waals surface area contributed by atoms with Crippen molar-refractivity contribution in [2.24, 2.45) is 11.8 Å². The highest BCUT2D eigenvalue weighted by Gasteiger charge is 2.30. The minimum atomic E-state index is -0.912. The summed E-state index contributed by atoms with van der Waals surface area (Å²) in [4.78, 5) is 49.9.